The first-order valence-electron chi connectivity index (χ1n) is 2.67. The Morgan fingerprint density at radius 2 is 2.60 bits per heavy atom. The lowest BCUT2D eigenvalue weighted by Gasteiger charge is -1.87. The zero-order valence-corrected chi connectivity index (χ0v) is 5.60. The fourth-order valence-electron chi connectivity index (χ4n) is 0.501. The summed E-state index contributed by atoms with van der Waals surface area (Å²) < 4.78 is 1.54. The number of nitrogens with zero attached hydrogens (tertiary/aromatic N) is 5. The van der Waals surface area contributed by atoms with Crippen LogP contribution in [0.15, 0.2) is 16.2 Å². The van der Waals surface area contributed by atoms with Crippen molar-refractivity contribution in [2.45, 2.75) is 0 Å². The van der Waals surface area contributed by atoms with Gasteiger partial charge in [-0.25, -0.2) is 9.67 Å². The van der Waals surface area contributed by atoms with E-state index in [-0.39, 0.29) is 0 Å². The lowest BCUT2D eigenvalue weighted by molar-refractivity contribution is 0.718. The summed E-state index contributed by atoms with van der Waals surface area (Å²) in [6.07, 6.45) is 2.89. The Hall–Kier alpha value is -1.52. The second-order valence-electron chi connectivity index (χ2n) is 1.64. The Labute approximate surface area is 58.1 Å². The Bertz CT molecular complexity index is 248. The van der Waals surface area contributed by atoms with Gasteiger partial charge in [0.1, 0.15) is 6.34 Å². The highest BCUT2D eigenvalue weighted by atomic mass is 15.4. The summed E-state index contributed by atoms with van der Waals surface area (Å²) in [5.41, 5.74) is 0. The second kappa shape index (κ2) is 2.86. The van der Waals surface area contributed by atoms with Gasteiger partial charge in [0.2, 0.25) is 0 Å². The SMILES string of the molecule is C=NC=Nc1cnnn1C. The van der Waals surface area contributed by atoms with Crippen molar-refractivity contribution in [3.8, 4) is 0 Å². The van der Waals surface area contributed by atoms with Crippen LogP contribution in [0.25, 0.3) is 0 Å². The molecule has 5 heteroatoms. The van der Waals surface area contributed by atoms with Crippen LogP contribution in [0, 0.1) is 0 Å². The van der Waals surface area contributed by atoms with Crippen LogP contribution in [0.1, 0.15) is 0 Å². The molecule has 0 N–H and O–H groups in total. The van der Waals surface area contributed by atoms with E-state index in [2.05, 4.69) is 27.0 Å². The summed E-state index contributed by atoms with van der Waals surface area (Å²) in [7, 11) is 1.75. The summed E-state index contributed by atoms with van der Waals surface area (Å²) >= 11 is 0. The molecule has 52 valence electrons. The van der Waals surface area contributed by atoms with Gasteiger partial charge in [0.25, 0.3) is 0 Å². The lowest BCUT2D eigenvalue weighted by Crippen LogP contribution is -1.88. The highest BCUT2D eigenvalue weighted by Gasteiger charge is 1.92. The molecule has 0 saturated carbocycles. The van der Waals surface area contributed by atoms with E-state index >= 15 is 0 Å². The molecule has 0 unspecified atom stereocenters. The molecule has 1 rings (SSSR count). The van der Waals surface area contributed by atoms with Gasteiger partial charge in [0, 0.05) is 7.05 Å². The summed E-state index contributed by atoms with van der Waals surface area (Å²) in [4.78, 5) is 7.31. The minimum Gasteiger partial charge on any atom is -0.253 e. The summed E-state index contributed by atoms with van der Waals surface area (Å²) in [6.45, 7) is 3.24. The minimum absolute atomic E-state index is 0.660. The molecule has 1 heterocycles. The van der Waals surface area contributed by atoms with Crippen molar-refractivity contribution >= 4 is 18.9 Å². The van der Waals surface area contributed by atoms with Gasteiger partial charge >= 0.3 is 0 Å². The number of hydrogen-bond acceptors (Lipinski definition) is 3. The molecule has 5 nitrogen and oxygen atoms in total. The molecular weight excluding hydrogens is 130 g/mol. The smallest absolute Gasteiger partial charge is 0.172 e. The molecule has 0 aliphatic rings. The fraction of sp³-hybridized carbons (Fsp3) is 0.200. The summed E-state index contributed by atoms with van der Waals surface area (Å²) in [6, 6.07) is 0. The van der Waals surface area contributed by atoms with Gasteiger partial charge < -0.3 is 0 Å². The Morgan fingerprint density at radius 1 is 1.80 bits per heavy atom. The van der Waals surface area contributed by atoms with Crippen LogP contribution in [0.2, 0.25) is 0 Å². The van der Waals surface area contributed by atoms with Crippen molar-refractivity contribution in [1.29, 1.82) is 0 Å². The third-order valence-corrected chi connectivity index (χ3v) is 0.962. The standard InChI is InChI=1S/C5H7N5/c1-6-4-7-5-3-8-9-10(5)2/h3-4H,1H2,2H3. The molecule has 0 fully saturated rings. The van der Waals surface area contributed by atoms with E-state index in [1.54, 1.807) is 17.9 Å². The molecule has 0 atom stereocenters. The van der Waals surface area contributed by atoms with Crippen molar-refractivity contribution in [1.82, 2.24) is 15.0 Å². The third-order valence-electron chi connectivity index (χ3n) is 0.962. The minimum atomic E-state index is 0.660. The quantitative estimate of drug-likeness (QED) is 0.431. The van der Waals surface area contributed by atoms with Crippen molar-refractivity contribution < 1.29 is 0 Å². The zero-order valence-electron chi connectivity index (χ0n) is 5.60. The van der Waals surface area contributed by atoms with Gasteiger partial charge in [-0.1, -0.05) is 5.21 Å². The molecule has 0 amide bonds. The largest absolute Gasteiger partial charge is 0.253 e. The number of aliphatic imine (C=N–C) groups is 2. The third kappa shape index (κ3) is 1.25. The van der Waals surface area contributed by atoms with Gasteiger partial charge in [-0.15, -0.1) is 5.10 Å². The number of aryl methyl sites for hydroxylation is 1. The molecule has 0 radical (unpaired) electrons. The highest BCUT2D eigenvalue weighted by molar-refractivity contribution is 5.65. The molecule has 1 aromatic rings. The monoisotopic (exact) mass is 137 g/mol. The van der Waals surface area contributed by atoms with Crippen LogP contribution in [0.5, 0.6) is 0 Å². The Balaban J connectivity index is 2.83. The highest BCUT2D eigenvalue weighted by Crippen LogP contribution is 2.03. The van der Waals surface area contributed by atoms with Crippen LogP contribution in [-0.4, -0.2) is 28.0 Å². The normalized spacial score (nSPS) is 10.5. The maximum absolute atomic E-state index is 3.87. The van der Waals surface area contributed by atoms with E-state index in [1.165, 1.54) is 6.34 Å². The molecule has 10 heavy (non-hydrogen) atoms. The van der Waals surface area contributed by atoms with E-state index in [0.717, 1.165) is 0 Å². The van der Waals surface area contributed by atoms with Crippen molar-refractivity contribution in [2.24, 2.45) is 17.0 Å². The summed E-state index contributed by atoms with van der Waals surface area (Å²) in [5.74, 6) is 0.660. The number of rotatable bonds is 2. The van der Waals surface area contributed by atoms with E-state index in [0.29, 0.717) is 5.82 Å². The van der Waals surface area contributed by atoms with E-state index in [4.69, 9.17) is 0 Å². The topological polar surface area (TPSA) is 55.4 Å². The van der Waals surface area contributed by atoms with Crippen LogP contribution in [0.3, 0.4) is 0 Å². The van der Waals surface area contributed by atoms with Crippen LogP contribution in [0.4, 0.5) is 5.82 Å². The maximum atomic E-state index is 3.87. The van der Waals surface area contributed by atoms with Gasteiger partial charge in [0.05, 0.1) is 6.20 Å². The average Bonchev–Trinajstić information content (AvgIpc) is 2.31. The molecule has 0 aliphatic heterocycles. The van der Waals surface area contributed by atoms with E-state index < -0.39 is 0 Å². The Kier molecular flexibility index (Phi) is 1.89. The molecule has 0 aromatic carbocycles. The van der Waals surface area contributed by atoms with Gasteiger partial charge in [-0.2, -0.15) is 0 Å². The number of aromatic nitrogens is 3. The molecular formula is C5H7N5. The average molecular weight is 137 g/mol. The Morgan fingerprint density at radius 3 is 3.10 bits per heavy atom. The molecule has 0 saturated heterocycles. The van der Waals surface area contributed by atoms with Crippen molar-refractivity contribution in [2.75, 3.05) is 0 Å². The predicted molar refractivity (Wildman–Crippen MR) is 38.7 cm³/mol. The first-order valence-corrected chi connectivity index (χ1v) is 2.67. The van der Waals surface area contributed by atoms with E-state index in [9.17, 15) is 0 Å². The number of hydrogen-bond donors (Lipinski definition) is 0. The second-order valence-corrected chi connectivity index (χ2v) is 1.64. The van der Waals surface area contributed by atoms with Gasteiger partial charge in [-0.05, 0) is 6.72 Å². The molecule has 1 aromatic heterocycles. The first-order chi connectivity index (χ1) is 4.84. The zero-order chi connectivity index (χ0) is 7.40. The molecule has 0 bridgehead atoms. The molecule has 0 spiro atoms. The van der Waals surface area contributed by atoms with Crippen molar-refractivity contribution in [3.63, 3.8) is 0 Å². The van der Waals surface area contributed by atoms with Gasteiger partial charge in [-0.3, -0.25) is 4.99 Å². The van der Waals surface area contributed by atoms with Crippen molar-refractivity contribution in [3.05, 3.63) is 6.20 Å². The first kappa shape index (κ1) is 6.60. The predicted octanol–water partition coefficient (Wildman–Crippen LogP) is 0.175. The summed E-state index contributed by atoms with van der Waals surface area (Å²) in [5, 5.41) is 7.27. The van der Waals surface area contributed by atoms with Crippen LogP contribution >= 0.6 is 0 Å². The lowest BCUT2D eigenvalue weighted by atomic mass is 10.7. The van der Waals surface area contributed by atoms with E-state index in [1.807, 2.05) is 0 Å². The van der Waals surface area contributed by atoms with Gasteiger partial charge in [0.15, 0.2) is 5.82 Å². The fourth-order valence-corrected chi connectivity index (χ4v) is 0.501. The van der Waals surface area contributed by atoms with Crippen LogP contribution in [-0.2, 0) is 7.05 Å². The van der Waals surface area contributed by atoms with Crippen LogP contribution < -0.4 is 0 Å². The molecule has 0 aliphatic carbocycles. The maximum Gasteiger partial charge on any atom is 0.172 e.